The van der Waals surface area contributed by atoms with E-state index in [1.807, 2.05) is 24.3 Å². The molecule has 0 fully saturated rings. The number of ketones is 1. The summed E-state index contributed by atoms with van der Waals surface area (Å²) in [6.45, 7) is 1.78. The average molecular weight is 398 g/mol. The molecule has 0 radical (unpaired) electrons. The molecule has 1 atom stereocenters. The lowest BCUT2D eigenvalue weighted by molar-refractivity contribution is -0.117. The van der Waals surface area contributed by atoms with Crippen molar-refractivity contribution in [2.24, 2.45) is 0 Å². The van der Waals surface area contributed by atoms with Crippen LogP contribution in [0.2, 0.25) is 10.0 Å². The van der Waals surface area contributed by atoms with Crippen LogP contribution in [0, 0.1) is 0 Å². The molecule has 0 aliphatic rings. The van der Waals surface area contributed by atoms with E-state index in [0.29, 0.717) is 26.9 Å². The molecule has 0 saturated heterocycles. The second-order valence-corrected chi connectivity index (χ2v) is 7.00. The molecule has 0 aliphatic carbocycles. The topological polar surface area (TPSA) is 46.2 Å². The minimum atomic E-state index is -0.469. The van der Waals surface area contributed by atoms with Gasteiger partial charge >= 0.3 is 0 Å². The third-order valence-electron chi connectivity index (χ3n) is 4.26. The average Bonchev–Trinajstić information content (AvgIpc) is 2.70. The smallest absolute Gasteiger partial charge is 0.231 e. The van der Waals surface area contributed by atoms with E-state index >= 15 is 0 Å². The summed E-state index contributed by atoms with van der Waals surface area (Å²) in [5.74, 6) is -0.782. The van der Waals surface area contributed by atoms with Crippen molar-refractivity contribution in [1.82, 2.24) is 0 Å². The van der Waals surface area contributed by atoms with Gasteiger partial charge in [-0.05, 0) is 36.8 Å². The van der Waals surface area contributed by atoms with Gasteiger partial charge in [-0.1, -0.05) is 71.7 Å². The van der Waals surface area contributed by atoms with Crippen molar-refractivity contribution in [2.45, 2.75) is 12.8 Å². The first kappa shape index (κ1) is 19.2. The van der Waals surface area contributed by atoms with Gasteiger partial charge in [0.1, 0.15) is 0 Å². The number of hydrogen-bond acceptors (Lipinski definition) is 2. The van der Waals surface area contributed by atoms with Crippen LogP contribution in [-0.4, -0.2) is 11.7 Å². The van der Waals surface area contributed by atoms with Crippen LogP contribution in [0.1, 0.15) is 34.3 Å². The van der Waals surface area contributed by atoms with Gasteiger partial charge in [0, 0.05) is 16.1 Å². The zero-order valence-electron chi connectivity index (χ0n) is 14.6. The molecule has 0 saturated carbocycles. The van der Waals surface area contributed by atoms with Gasteiger partial charge in [0.2, 0.25) is 5.91 Å². The van der Waals surface area contributed by atoms with E-state index in [9.17, 15) is 9.59 Å². The highest BCUT2D eigenvalue weighted by Crippen LogP contribution is 2.27. The lowest BCUT2D eigenvalue weighted by Gasteiger charge is -2.14. The van der Waals surface area contributed by atoms with Gasteiger partial charge in [-0.3, -0.25) is 9.59 Å². The predicted molar refractivity (Wildman–Crippen MR) is 110 cm³/mol. The molecule has 0 aliphatic heterocycles. The van der Waals surface area contributed by atoms with Crippen LogP contribution in [0.5, 0.6) is 0 Å². The molecule has 27 heavy (non-hydrogen) atoms. The van der Waals surface area contributed by atoms with Crippen molar-refractivity contribution in [1.29, 1.82) is 0 Å². The van der Waals surface area contributed by atoms with Crippen molar-refractivity contribution >= 4 is 40.6 Å². The Labute approximate surface area is 167 Å². The van der Waals surface area contributed by atoms with Crippen molar-refractivity contribution in [3.63, 3.8) is 0 Å². The molecular weight excluding hydrogens is 381 g/mol. The highest BCUT2D eigenvalue weighted by molar-refractivity contribution is 6.35. The summed E-state index contributed by atoms with van der Waals surface area (Å²) < 4.78 is 0. The van der Waals surface area contributed by atoms with Crippen LogP contribution < -0.4 is 5.32 Å². The SMILES string of the molecule is C[C@@H](C(=O)Nc1cc(Cl)ccc1Cl)c1cccc(C(=O)c2ccccc2)c1. The minimum absolute atomic E-state index is 0.0806. The summed E-state index contributed by atoms with van der Waals surface area (Å²) in [6, 6.07) is 21.0. The Morgan fingerprint density at radius 2 is 1.56 bits per heavy atom. The molecule has 0 aromatic heterocycles. The summed E-state index contributed by atoms with van der Waals surface area (Å²) in [7, 11) is 0. The Bertz CT molecular complexity index is 987. The van der Waals surface area contributed by atoms with Crippen molar-refractivity contribution in [2.75, 3.05) is 5.32 Å². The van der Waals surface area contributed by atoms with Gasteiger partial charge in [0.15, 0.2) is 5.78 Å². The molecule has 5 heteroatoms. The van der Waals surface area contributed by atoms with Gasteiger partial charge < -0.3 is 5.32 Å². The Balaban J connectivity index is 1.80. The van der Waals surface area contributed by atoms with Gasteiger partial charge in [-0.25, -0.2) is 0 Å². The highest BCUT2D eigenvalue weighted by Gasteiger charge is 2.18. The van der Waals surface area contributed by atoms with E-state index in [-0.39, 0.29) is 11.7 Å². The van der Waals surface area contributed by atoms with Gasteiger partial charge in [0.05, 0.1) is 16.6 Å². The summed E-state index contributed by atoms with van der Waals surface area (Å²) in [4.78, 5) is 25.3. The van der Waals surface area contributed by atoms with E-state index in [1.165, 1.54) is 0 Å². The molecule has 0 bridgehead atoms. The van der Waals surface area contributed by atoms with Crippen LogP contribution in [0.3, 0.4) is 0 Å². The lowest BCUT2D eigenvalue weighted by atomic mass is 9.95. The third-order valence-corrected chi connectivity index (χ3v) is 4.83. The first-order chi connectivity index (χ1) is 13.0. The normalized spacial score (nSPS) is 11.7. The molecule has 3 rings (SSSR count). The number of carbonyl (C=O) groups is 2. The fraction of sp³-hybridized carbons (Fsp3) is 0.0909. The molecule has 0 spiro atoms. The van der Waals surface area contributed by atoms with E-state index in [0.717, 1.165) is 5.56 Å². The van der Waals surface area contributed by atoms with E-state index in [4.69, 9.17) is 23.2 Å². The summed E-state index contributed by atoms with van der Waals surface area (Å²) in [5.41, 5.74) is 2.35. The zero-order valence-corrected chi connectivity index (χ0v) is 16.1. The Hall–Kier alpha value is -2.62. The molecule has 3 aromatic rings. The van der Waals surface area contributed by atoms with Crippen molar-refractivity contribution < 1.29 is 9.59 Å². The van der Waals surface area contributed by atoms with Crippen molar-refractivity contribution in [3.05, 3.63) is 99.5 Å². The Morgan fingerprint density at radius 3 is 2.30 bits per heavy atom. The van der Waals surface area contributed by atoms with Gasteiger partial charge in [-0.2, -0.15) is 0 Å². The zero-order chi connectivity index (χ0) is 19.4. The fourth-order valence-corrected chi connectivity index (χ4v) is 3.03. The van der Waals surface area contributed by atoms with E-state index in [1.54, 1.807) is 55.5 Å². The Morgan fingerprint density at radius 1 is 0.852 bits per heavy atom. The van der Waals surface area contributed by atoms with Crippen molar-refractivity contribution in [3.8, 4) is 0 Å². The van der Waals surface area contributed by atoms with Gasteiger partial charge in [0.25, 0.3) is 0 Å². The van der Waals surface area contributed by atoms with E-state index < -0.39 is 5.92 Å². The third kappa shape index (κ3) is 4.57. The monoisotopic (exact) mass is 397 g/mol. The van der Waals surface area contributed by atoms with Crippen LogP contribution >= 0.6 is 23.2 Å². The first-order valence-corrected chi connectivity index (χ1v) is 9.17. The second kappa shape index (κ2) is 8.38. The predicted octanol–water partition coefficient (Wildman–Crippen LogP) is 5.97. The van der Waals surface area contributed by atoms with E-state index in [2.05, 4.69) is 5.32 Å². The Kier molecular flexibility index (Phi) is 5.94. The maximum atomic E-state index is 12.6. The standard InChI is InChI=1S/C22H17Cl2NO2/c1-14(22(27)25-20-13-18(23)10-11-19(20)24)16-8-5-9-17(12-16)21(26)15-6-3-2-4-7-15/h2-14H,1H3,(H,25,27)/t14-/m1/s1. The highest BCUT2D eigenvalue weighted by atomic mass is 35.5. The molecule has 1 amide bonds. The van der Waals surface area contributed by atoms with Crippen LogP contribution in [-0.2, 0) is 4.79 Å². The van der Waals surface area contributed by atoms with Crippen LogP contribution in [0.4, 0.5) is 5.69 Å². The minimum Gasteiger partial charge on any atom is -0.324 e. The maximum Gasteiger partial charge on any atom is 0.231 e. The molecule has 3 aromatic carbocycles. The lowest BCUT2D eigenvalue weighted by Crippen LogP contribution is -2.19. The number of halogens is 2. The van der Waals surface area contributed by atoms with Crippen LogP contribution in [0.15, 0.2) is 72.8 Å². The summed E-state index contributed by atoms with van der Waals surface area (Å²) in [6.07, 6.45) is 0. The molecule has 0 unspecified atom stereocenters. The summed E-state index contributed by atoms with van der Waals surface area (Å²) in [5, 5.41) is 3.68. The fourth-order valence-electron chi connectivity index (χ4n) is 2.69. The number of nitrogens with one attached hydrogen (secondary N) is 1. The number of anilines is 1. The molecule has 3 nitrogen and oxygen atoms in total. The maximum absolute atomic E-state index is 12.6. The van der Waals surface area contributed by atoms with Gasteiger partial charge in [-0.15, -0.1) is 0 Å². The number of benzene rings is 3. The number of carbonyl (C=O) groups excluding carboxylic acids is 2. The quantitative estimate of drug-likeness (QED) is 0.539. The molecule has 1 N–H and O–H groups in total. The molecule has 0 heterocycles. The molecule has 136 valence electrons. The number of rotatable bonds is 5. The van der Waals surface area contributed by atoms with Crippen LogP contribution in [0.25, 0.3) is 0 Å². The first-order valence-electron chi connectivity index (χ1n) is 8.41. The largest absolute Gasteiger partial charge is 0.324 e. The number of hydrogen-bond donors (Lipinski definition) is 1. The molecular formula is C22H17Cl2NO2. The summed E-state index contributed by atoms with van der Waals surface area (Å²) >= 11 is 12.1. The second-order valence-electron chi connectivity index (χ2n) is 6.16. The number of amides is 1.